The van der Waals surface area contributed by atoms with E-state index in [1.807, 2.05) is 24.3 Å². The average molecular weight is 374 g/mol. The summed E-state index contributed by atoms with van der Waals surface area (Å²) in [5, 5.41) is 3.57. The standard InChI is InChI=1S/C23H27N5/c1-18(19-9-5-3-6-10-19)24-21-17-22(28-15-13-27(2)14-16-28)26-23(25-21)20-11-7-4-8-12-20/h3-12,17-18H,13-16H2,1-2H3,(H,24,25,26). The Morgan fingerprint density at radius 1 is 0.857 bits per heavy atom. The van der Waals surface area contributed by atoms with Gasteiger partial charge in [-0.15, -0.1) is 0 Å². The molecule has 2 heterocycles. The number of anilines is 2. The monoisotopic (exact) mass is 373 g/mol. The van der Waals surface area contributed by atoms with Gasteiger partial charge in [0, 0.05) is 43.9 Å². The van der Waals surface area contributed by atoms with Crippen molar-refractivity contribution in [2.75, 3.05) is 43.4 Å². The summed E-state index contributed by atoms with van der Waals surface area (Å²) in [5.74, 6) is 2.61. The molecule has 144 valence electrons. The van der Waals surface area contributed by atoms with Gasteiger partial charge in [0.2, 0.25) is 0 Å². The van der Waals surface area contributed by atoms with Crippen molar-refractivity contribution in [3.8, 4) is 11.4 Å². The van der Waals surface area contributed by atoms with E-state index < -0.39 is 0 Å². The fourth-order valence-corrected chi connectivity index (χ4v) is 3.47. The molecule has 0 bridgehead atoms. The van der Waals surface area contributed by atoms with E-state index in [0.29, 0.717) is 0 Å². The first-order chi connectivity index (χ1) is 13.7. The summed E-state index contributed by atoms with van der Waals surface area (Å²) in [5.41, 5.74) is 2.28. The molecule has 1 aliphatic rings. The van der Waals surface area contributed by atoms with Crippen LogP contribution in [0.5, 0.6) is 0 Å². The fourth-order valence-electron chi connectivity index (χ4n) is 3.47. The van der Waals surface area contributed by atoms with Gasteiger partial charge in [-0.05, 0) is 19.5 Å². The van der Waals surface area contributed by atoms with Gasteiger partial charge in [-0.25, -0.2) is 9.97 Å². The summed E-state index contributed by atoms with van der Waals surface area (Å²) in [6, 6.07) is 22.9. The van der Waals surface area contributed by atoms with Gasteiger partial charge in [0.15, 0.2) is 5.82 Å². The molecular formula is C23H27N5. The van der Waals surface area contributed by atoms with Crippen LogP contribution in [0.3, 0.4) is 0 Å². The minimum Gasteiger partial charge on any atom is -0.363 e. The Balaban J connectivity index is 1.65. The minimum absolute atomic E-state index is 0.167. The van der Waals surface area contributed by atoms with Gasteiger partial charge < -0.3 is 15.1 Å². The Kier molecular flexibility index (Phi) is 5.53. The number of rotatable bonds is 5. The predicted octanol–water partition coefficient (Wildman–Crippen LogP) is 4.07. The molecule has 0 saturated carbocycles. The van der Waals surface area contributed by atoms with Gasteiger partial charge in [0.25, 0.3) is 0 Å². The number of benzene rings is 2. The number of hydrogen-bond acceptors (Lipinski definition) is 5. The SMILES string of the molecule is CC(Nc1cc(N2CCN(C)CC2)nc(-c2ccccc2)n1)c1ccccc1. The Hall–Kier alpha value is -2.92. The molecule has 1 N–H and O–H groups in total. The van der Waals surface area contributed by atoms with E-state index in [-0.39, 0.29) is 6.04 Å². The zero-order valence-corrected chi connectivity index (χ0v) is 16.5. The molecule has 1 aromatic heterocycles. The van der Waals surface area contributed by atoms with Gasteiger partial charge in [0.05, 0.1) is 0 Å². The third-order valence-electron chi connectivity index (χ3n) is 5.24. The molecule has 1 fully saturated rings. The van der Waals surface area contributed by atoms with Crippen LogP contribution < -0.4 is 10.2 Å². The molecule has 1 saturated heterocycles. The first kappa shape index (κ1) is 18.4. The van der Waals surface area contributed by atoms with E-state index in [4.69, 9.17) is 9.97 Å². The number of nitrogens with one attached hydrogen (secondary N) is 1. The van der Waals surface area contributed by atoms with Crippen molar-refractivity contribution in [1.29, 1.82) is 0 Å². The van der Waals surface area contributed by atoms with Gasteiger partial charge in [-0.3, -0.25) is 0 Å². The average Bonchev–Trinajstić information content (AvgIpc) is 2.75. The Labute approximate surface area is 167 Å². The van der Waals surface area contributed by atoms with Crippen LogP contribution in [0.2, 0.25) is 0 Å². The molecule has 1 unspecified atom stereocenters. The highest BCUT2D eigenvalue weighted by molar-refractivity contribution is 5.62. The molecule has 4 rings (SSSR count). The maximum absolute atomic E-state index is 4.89. The second kappa shape index (κ2) is 8.40. The molecule has 0 aliphatic carbocycles. The van der Waals surface area contributed by atoms with E-state index in [2.05, 4.69) is 71.6 Å². The molecule has 5 nitrogen and oxygen atoms in total. The maximum atomic E-state index is 4.89. The molecule has 2 aromatic carbocycles. The number of aromatic nitrogens is 2. The third-order valence-corrected chi connectivity index (χ3v) is 5.24. The van der Waals surface area contributed by atoms with Crippen molar-refractivity contribution < 1.29 is 0 Å². The van der Waals surface area contributed by atoms with E-state index in [1.165, 1.54) is 5.56 Å². The lowest BCUT2D eigenvalue weighted by molar-refractivity contribution is 0.312. The van der Waals surface area contributed by atoms with Crippen molar-refractivity contribution in [1.82, 2.24) is 14.9 Å². The topological polar surface area (TPSA) is 44.3 Å². The molecular weight excluding hydrogens is 346 g/mol. The zero-order valence-electron chi connectivity index (χ0n) is 16.5. The van der Waals surface area contributed by atoms with E-state index >= 15 is 0 Å². The van der Waals surface area contributed by atoms with Crippen molar-refractivity contribution in [2.45, 2.75) is 13.0 Å². The summed E-state index contributed by atoms with van der Waals surface area (Å²) >= 11 is 0. The number of likely N-dealkylation sites (N-methyl/N-ethyl adjacent to an activating group) is 1. The normalized spacial score (nSPS) is 16.0. The van der Waals surface area contributed by atoms with Crippen LogP contribution in [-0.4, -0.2) is 48.1 Å². The van der Waals surface area contributed by atoms with Crippen LogP contribution in [-0.2, 0) is 0 Å². The maximum Gasteiger partial charge on any atom is 0.163 e. The summed E-state index contributed by atoms with van der Waals surface area (Å²) in [4.78, 5) is 14.4. The van der Waals surface area contributed by atoms with Gasteiger partial charge in [-0.1, -0.05) is 60.7 Å². The van der Waals surface area contributed by atoms with Crippen LogP contribution in [0, 0.1) is 0 Å². The molecule has 0 spiro atoms. The lowest BCUT2D eigenvalue weighted by atomic mass is 10.1. The van der Waals surface area contributed by atoms with Crippen LogP contribution >= 0.6 is 0 Å². The minimum atomic E-state index is 0.167. The summed E-state index contributed by atoms with van der Waals surface area (Å²) in [7, 11) is 2.17. The van der Waals surface area contributed by atoms with Gasteiger partial charge in [0.1, 0.15) is 11.6 Å². The van der Waals surface area contributed by atoms with Gasteiger partial charge >= 0.3 is 0 Å². The van der Waals surface area contributed by atoms with Crippen molar-refractivity contribution in [2.24, 2.45) is 0 Å². The lowest BCUT2D eigenvalue weighted by Gasteiger charge is -2.33. The second-order valence-corrected chi connectivity index (χ2v) is 7.37. The second-order valence-electron chi connectivity index (χ2n) is 7.37. The Morgan fingerprint density at radius 2 is 1.50 bits per heavy atom. The number of hydrogen-bond donors (Lipinski definition) is 1. The largest absolute Gasteiger partial charge is 0.363 e. The van der Waals surface area contributed by atoms with Crippen LogP contribution in [0.4, 0.5) is 11.6 Å². The smallest absolute Gasteiger partial charge is 0.163 e. The predicted molar refractivity (Wildman–Crippen MR) is 116 cm³/mol. The van der Waals surface area contributed by atoms with E-state index in [9.17, 15) is 0 Å². The molecule has 0 amide bonds. The Bertz CT molecular complexity index is 889. The highest BCUT2D eigenvalue weighted by Crippen LogP contribution is 2.25. The molecule has 3 aromatic rings. The van der Waals surface area contributed by atoms with Gasteiger partial charge in [-0.2, -0.15) is 0 Å². The van der Waals surface area contributed by atoms with Crippen LogP contribution in [0.15, 0.2) is 66.7 Å². The summed E-state index contributed by atoms with van der Waals surface area (Å²) < 4.78 is 0. The molecule has 0 radical (unpaired) electrons. The number of piperazine rings is 1. The zero-order chi connectivity index (χ0) is 19.3. The number of nitrogens with zero attached hydrogens (tertiary/aromatic N) is 4. The first-order valence-corrected chi connectivity index (χ1v) is 9.88. The molecule has 5 heteroatoms. The quantitative estimate of drug-likeness (QED) is 0.730. The van der Waals surface area contributed by atoms with Crippen molar-refractivity contribution >= 4 is 11.6 Å². The summed E-state index contributed by atoms with van der Waals surface area (Å²) in [6.45, 7) is 6.22. The van der Waals surface area contributed by atoms with Crippen LogP contribution in [0.1, 0.15) is 18.5 Å². The van der Waals surface area contributed by atoms with Crippen LogP contribution in [0.25, 0.3) is 11.4 Å². The van der Waals surface area contributed by atoms with Crippen molar-refractivity contribution in [3.05, 3.63) is 72.3 Å². The molecule has 28 heavy (non-hydrogen) atoms. The van der Waals surface area contributed by atoms with Crippen molar-refractivity contribution in [3.63, 3.8) is 0 Å². The highest BCUT2D eigenvalue weighted by atomic mass is 15.3. The summed E-state index contributed by atoms with van der Waals surface area (Å²) in [6.07, 6.45) is 0. The highest BCUT2D eigenvalue weighted by Gasteiger charge is 2.18. The molecule has 1 aliphatic heterocycles. The lowest BCUT2D eigenvalue weighted by Crippen LogP contribution is -2.44. The first-order valence-electron chi connectivity index (χ1n) is 9.88. The molecule has 1 atom stereocenters. The fraction of sp³-hybridized carbons (Fsp3) is 0.304. The third kappa shape index (κ3) is 4.31. The van der Waals surface area contributed by atoms with E-state index in [0.717, 1.165) is 49.2 Å². The van der Waals surface area contributed by atoms with E-state index in [1.54, 1.807) is 0 Å². The Morgan fingerprint density at radius 3 is 2.18 bits per heavy atom.